The molecule has 3 heterocycles. The Hall–Kier alpha value is -2.26. The van der Waals surface area contributed by atoms with Gasteiger partial charge in [0.15, 0.2) is 0 Å². The molecule has 0 saturated carbocycles. The smallest absolute Gasteiger partial charge is 0.119 e. The summed E-state index contributed by atoms with van der Waals surface area (Å²) in [5.41, 5.74) is 8.54. The molecular formula is C22H24N2O. The zero-order valence-electron chi connectivity index (χ0n) is 15.2. The number of benzene rings is 2. The summed E-state index contributed by atoms with van der Waals surface area (Å²) >= 11 is 0. The molecule has 3 heteroatoms. The third-order valence-electron chi connectivity index (χ3n) is 5.95. The maximum atomic E-state index is 5.53. The summed E-state index contributed by atoms with van der Waals surface area (Å²) in [6, 6.07) is 13.5. The number of methoxy groups -OCH3 is 1. The number of rotatable bonds is 2. The van der Waals surface area contributed by atoms with Gasteiger partial charge in [0, 0.05) is 35.5 Å². The highest BCUT2D eigenvalue weighted by Gasteiger charge is 2.32. The Labute approximate surface area is 148 Å². The number of hydrogen-bond donors (Lipinski definition) is 0. The molecule has 1 fully saturated rings. The van der Waals surface area contributed by atoms with E-state index < -0.39 is 0 Å². The van der Waals surface area contributed by atoms with Crippen molar-refractivity contribution in [3.8, 4) is 17.0 Å². The minimum atomic E-state index is 0.600. The molecule has 0 aliphatic carbocycles. The van der Waals surface area contributed by atoms with Gasteiger partial charge in [-0.25, -0.2) is 0 Å². The molecule has 3 aromatic rings. The lowest BCUT2D eigenvalue weighted by atomic mass is 9.91. The Kier molecular flexibility index (Phi) is 3.23. The van der Waals surface area contributed by atoms with Crippen molar-refractivity contribution in [1.29, 1.82) is 0 Å². The van der Waals surface area contributed by atoms with Crippen molar-refractivity contribution in [3.05, 3.63) is 53.1 Å². The molecule has 3 nitrogen and oxygen atoms in total. The van der Waals surface area contributed by atoms with Gasteiger partial charge in [-0.3, -0.25) is 0 Å². The van der Waals surface area contributed by atoms with Crippen LogP contribution in [0.3, 0.4) is 0 Å². The van der Waals surface area contributed by atoms with Gasteiger partial charge in [0.1, 0.15) is 5.75 Å². The first-order valence-electron chi connectivity index (χ1n) is 9.14. The highest BCUT2D eigenvalue weighted by molar-refractivity contribution is 5.95. The molecule has 2 aromatic carbocycles. The fraction of sp³-hybridized carbons (Fsp3) is 0.364. The van der Waals surface area contributed by atoms with Crippen LogP contribution in [0, 0.1) is 6.92 Å². The van der Waals surface area contributed by atoms with Crippen molar-refractivity contribution in [3.63, 3.8) is 0 Å². The summed E-state index contributed by atoms with van der Waals surface area (Å²) in [6.45, 7) is 5.49. The summed E-state index contributed by atoms with van der Waals surface area (Å²) in [5.74, 6) is 1.55. The first kappa shape index (κ1) is 15.0. The Balaban J connectivity index is 1.80. The lowest BCUT2D eigenvalue weighted by Crippen LogP contribution is -2.13. The van der Waals surface area contributed by atoms with Gasteiger partial charge in [-0.15, -0.1) is 0 Å². The molecule has 0 bridgehead atoms. The maximum absolute atomic E-state index is 5.53. The van der Waals surface area contributed by atoms with Gasteiger partial charge in [-0.2, -0.15) is 0 Å². The van der Waals surface area contributed by atoms with E-state index in [1.165, 1.54) is 51.8 Å². The predicted octanol–water partition coefficient (Wildman–Crippen LogP) is 4.41. The number of ether oxygens (including phenoxy) is 1. The van der Waals surface area contributed by atoms with Crippen molar-refractivity contribution in [2.45, 2.75) is 25.8 Å². The van der Waals surface area contributed by atoms with Crippen molar-refractivity contribution in [2.75, 3.05) is 27.2 Å². The number of likely N-dealkylation sites (N-methyl/N-ethyl adjacent to an activating group) is 1. The standard InChI is InChI=1S/C22H24N2O/c1-14-4-6-18-16(10-14)13-24-20-7-5-17(25-3)11-19(20)21(22(18)24)15-8-9-23(2)12-15/h4-7,10-11,15H,8-9,12-13H2,1-3H3. The summed E-state index contributed by atoms with van der Waals surface area (Å²) in [4.78, 5) is 2.45. The molecule has 0 spiro atoms. The SMILES string of the molecule is COc1ccc2c(c1)c(C1CCN(C)C1)c1n2Cc2cc(C)ccc2-1. The molecule has 2 aliphatic rings. The van der Waals surface area contributed by atoms with Gasteiger partial charge in [0.05, 0.1) is 12.8 Å². The topological polar surface area (TPSA) is 17.4 Å². The Bertz CT molecular complexity index is 985. The Morgan fingerprint density at radius 2 is 2.00 bits per heavy atom. The molecule has 25 heavy (non-hydrogen) atoms. The predicted molar refractivity (Wildman–Crippen MR) is 103 cm³/mol. The quantitative estimate of drug-likeness (QED) is 0.541. The number of fused-ring (bicyclic) bond motifs is 5. The molecule has 0 N–H and O–H groups in total. The van der Waals surface area contributed by atoms with Crippen LogP contribution in [-0.2, 0) is 6.54 Å². The third-order valence-corrected chi connectivity index (χ3v) is 5.95. The highest BCUT2D eigenvalue weighted by atomic mass is 16.5. The lowest BCUT2D eigenvalue weighted by molar-refractivity contribution is 0.411. The average Bonchev–Trinajstić information content (AvgIpc) is 3.26. The molecule has 1 atom stereocenters. The second-order valence-corrected chi connectivity index (χ2v) is 7.64. The zero-order chi connectivity index (χ0) is 17.1. The van der Waals surface area contributed by atoms with E-state index in [1.54, 1.807) is 7.11 Å². The normalized spacial score (nSPS) is 19.4. The van der Waals surface area contributed by atoms with Crippen LogP contribution in [0.4, 0.5) is 0 Å². The van der Waals surface area contributed by atoms with Crippen LogP contribution in [0.5, 0.6) is 5.75 Å². The lowest BCUT2D eigenvalue weighted by Gasteiger charge is -2.13. The van der Waals surface area contributed by atoms with Crippen LogP contribution in [-0.4, -0.2) is 36.7 Å². The van der Waals surface area contributed by atoms with E-state index >= 15 is 0 Å². The van der Waals surface area contributed by atoms with Gasteiger partial charge < -0.3 is 14.2 Å². The van der Waals surface area contributed by atoms with Gasteiger partial charge in [-0.1, -0.05) is 23.8 Å². The number of likely N-dealkylation sites (tertiary alicyclic amines) is 1. The molecule has 128 valence electrons. The molecule has 1 saturated heterocycles. The number of aromatic nitrogens is 1. The van der Waals surface area contributed by atoms with Crippen LogP contribution < -0.4 is 4.74 Å². The molecule has 2 aliphatic heterocycles. The highest BCUT2D eigenvalue weighted by Crippen LogP contribution is 2.46. The van der Waals surface area contributed by atoms with Crippen LogP contribution in [0.25, 0.3) is 22.2 Å². The second-order valence-electron chi connectivity index (χ2n) is 7.64. The third kappa shape index (κ3) is 2.15. The van der Waals surface area contributed by atoms with Gasteiger partial charge >= 0.3 is 0 Å². The summed E-state index contributed by atoms with van der Waals surface area (Å²) in [6.07, 6.45) is 1.24. The van der Waals surface area contributed by atoms with Crippen molar-refractivity contribution in [1.82, 2.24) is 9.47 Å². The van der Waals surface area contributed by atoms with Crippen molar-refractivity contribution in [2.24, 2.45) is 0 Å². The maximum Gasteiger partial charge on any atom is 0.119 e. The Morgan fingerprint density at radius 3 is 2.76 bits per heavy atom. The first-order valence-corrected chi connectivity index (χ1v) is 9.14. The number of nitrogens with zero attached hydrogens (tertiary/aromatic N) is 2. The summed E-state index contributed by atoms with van der Waals surface area (Å²) in [7, 11) is 3.99. The molecular weight excluding hydrogens is 308 g/mol. The number of aryl methyl sites for hydroxylation is 1. The molecule has 0 amide bonds. The Morgan fingerprint density at radius 1 is 1.12 bits per heavy atom. The van der Waals surface area contributed by atoms with E-state index in [9.17, 15) is 0 Å². The first-order chi connectivity index (χ1) is 12.2. The van der Waals surface area contributed by atoms with Crippen LogP contribution >= 0.6 is 0 Å². The largest absolute Gasteiger partial charge is 0.497 e. The van der Waals surface area contributed by atoms with Crippen molar-refractivity contribution >= 4 is 10.9 Å². The van der Waals surface area contributed by atoms with E-state index in [-0.39, 0.29) is 0 Å². The van der Waals surface area contributed by atoms with E-state index in [4.69, 9.17) is 4.74 Å². The van der Waals surface area contributed by atoms with E-state index in [1.807, 2.05) is 0 Å². The minimum absolute atomic E-state index is 0.600. The second kappa shape index (κ2) is 5.37. The molecule has 5 rings (SSSR count). The van der Waals surface area contributed by atoms with Crippen LogP contribution in [0.2, 0.25) is 0 Å². The van der Waals surface area contributed by atoms with E-state index in [0.29, 0.717) is 5.92 Å². The van der Waals surface area contributed by atoms with Crippen LogP contribution in [0.15, 0.2) is 36.4 Å². The molecule has 1 aromatic heterocycles. The number of hydrogen-bond acceptors (Lipinski definition) is 2. The minimum Gasteiger partial charge on any atom is -0.497 e. The average molecular weight is 332 g/mol. The van der Waals surface area contributed by atoms with Crippen molar-refractivity contribution < 1.29 is 4.74 Å². The molecule has 0 radical (unpaired) electrons. The van der Waals surface area contributed by atoms with Gasteiger partial charge in [0.2, 0.25) is 0 Å². The van der Waals surface area contributed by atoms with E-state index in [2.05, 4.69) is 59.8 Å². The van der Waals surface area contributed by atoms with Gasteiger partial charge in [0.25, 0.3) is 0 Å². The fourth-order valence-electron chi connectivity index (χ4n) is 4.78. The van der Waals surface area contributed by atoms with Crippen LogP contribution in [0.1, 0.15) is 29.0 Å². The summed E-state index contributed by atoms with van der Waals surface area (Å²) < 4.78 is 8.05. The molecule has 1 unspecified atom stereocenters. The van der Waals surface area contributed by atoms with Gasteiger partial charge in [-0.05, 0) is 56.3 Å². The zero-order valence-corrected chi connectivity index (χ0v) is 15.2. The van der Waals surface area contributed by atoms with E-state index in [0.717, 1.165) is 18.8 Å². The fourth-order valence-corrected chi connectivity index (χ4v) is 4.78. The monoisotopic (exact) mass is 332 g/mol. The summed E-state index contributed by atoms with van der Waals surface area (Å²) in [5, 5.41) is 1.38.